The van der Waals surface area contributed by atoms with E-state index < -0.39 is 34.3 Å². The Balaban J connectivity index is 1.70. The van der Waals surface area contributed by atoms with Gasteiger partial charge in [0.15, 0.2) is 11.5 Å². The van der Waals surface area contributed by atoms with Gasteiger partial charge in [0, 0.05) is 24.8 Å². The number of nitrogens with one attached hydrogen (secondary N) is 1. The first-order valence-corrected chi connectivity index (χ1v) is 10.8. The fourth-order valence-corrected chi connectivity index (χ4v) is 4.84. The fourth-order valence-electron chi connectivity index (χ4n) is 3.31. The van der Waals surface area contributed by atoms with Gasteiger partial charge < -0.3 is 14.8 Å². The van der Waals surface area contributed by atoms with Crippen molar-refractivity contribution in [2.45, 2.75) is 24.3 Å². The molecule has 1 atom stereocenters. The molecule has 2 aromatic rings. The molecule has 1 amide bonds. The SMILES string of the molecule is COc1cc(NC(=O)[C@H]2CCCN(S(=O)(=O)c3ccc(F)cc3)C2)ccc1OC(F)F. The smallest absolute Gasteiger partial charge is 0.387 e. The van der Waals surface area contributed by atoms with Gasteiger partial charge in [0.25, 0.3) is 0 Å². The van der Waals surface area contributed by atoms with Gasteiger partial charge in [-0.25, -0.2) is 12.8 Å². The number of benzene rings is 2. The number of nitrogens with zero attached hydrogens (tertiary/aromatic N) is 1. The molecule has 1 aliphatic heterocycles. The normalized spacial score (nSPS) is 17.4. The molecule has 0 aliphatic carbocycles. The third-order valence-electron chi connectivity index (χ3n) is 4.85. The van der Waals surface area contributed by atoms with Gasteiger partial charge in [0.05, 0.1) is 17.9 Å². The van der Waals surface area contributed by atoms with Crippen LogP contribution in [0.3, 0.4) is 0 Å². The molecule has 0 spiro atoms. The van der Waals surface area contributed by atoms with E-state index in [4.69, 9.17) is 4.74 Å². The van der Waals surface area contributed by atoms with Crippen molar-refractivity contribution in [1.82, 2.24) is 4.31 Å². The summed E-state index contributed by atoms with van der Waals surface area (Å²) in [5, 5.41) is 2.65. The first kappa shape index (κ1) is 22.9. The highest BCUT2D eigenvalue weighted by Gasteiger charge is 2.33. The minimum absolute atomic E-state index is 0.0160. The Morgan fingerprint density at radius 1 is 1.16 bits per heavy atom. The van der Waals surface area contributed by atoms with Gasteiger partial charge in [-0.15, -0.1) is 0 Å². The maximum Gasteiger partial charge on any atom is 0.387 e. The number of sulfonamides is 1. The maximum absolute atomic E-state index is 13.1. The van der Waals surface area contributed by atoms with E-state index in [1.807, 2.05) is 0 Å². The van der Waals surface area contributed by atoms with Gasteiger partial charge in [-0.1, -0.05) is 0 Å². The van der Waals surface area contributed by atoms with Crippen molar-refractivity contribution in [2.75, 3.05) is 25.5 Å². The Morgan fingerprint density at radius 2 is 1.87 bits per heavy atom. The summed E-state index contributed by atoms with van der Waals surface area (Å²) < 4.78 is 74.2. The summed E-state index contributed by atoms with van der Waals surface area (Å²) in [6.07, 6.45) is 0.952. The fraction of sp³-hybridized carbons (Fsp3) is 0.350. The number of ether oxygens (including phenoxy) is 2. The Morgan fingerprint density at radius 3 is 2.52 bits per heavy atom. The molecule has 2 aromatic carbocycles. The van der Waals surface area contributed by atoms with Crippen LogP contribution in [0.5, 0.6) is 11.5 Å². The monoisotopic (exact) mass is 458 g/mol. The second-order valence-electron chi connectivity index (χ2n) is 6.89. The molecule has 7 nitrogen and oxygen atoms in total. The van der Waals surface area contributed by atoms with E-state index in [-0.39, 0.29) is 29.5 Å². The molecule has 0 unspecified atom stereocenters. The number of piperidine rings is 1. The van der Waals surface area contributed by atoms with Crippen molar-refractivity contribution < 1.29 is 35.9 Å². The van der Waals surface area contributed by atoms with Crippen LogP contribution in [0.25, 0.3) is 0 Å². The zero-order chi connectivity index (χ0) is 22.6. The van der Waals surface area contributed by atoms with Crippen LogP contribution >= 0.6 is 0 Å². The molecule has 1 saturated heterocycles. The lowest BCUT2D eigenvalue weighted by molar-refractivity contribution is -0.120. The van der Waals surface area contributed by atoms with Gasteiger partial charge in [-0.05, 0) is 49.2 Å². The molecule has 0 saturated carbocycles. The summed E-state index contributed by atoms with van der Waals surface area (Å²) in [5.41, 5.74) is 0.294. The molecule has 0 bridgehead atoms. The highest BCUT2D eigenvalue weighted by molar-refractivity contribution is 7.89. The first-order chi connectivity index (χ1) is 14.7. The topological polar surface area (TPSA) is 84.9 Å². The van der Waals surface area contributed by atoms with Crippen LogP contribution in [0.15, 0.2) is 47.4 Å². The average molecular weight is 458 g/mol. The van der Waals surface area contributed by atoms with E-state index in [2.05, 4.69) is 10.1 Å². The zero-order valence-corrected chi connectivity index (χ0v) is 17.4. The predicted molar refractivity (Wildman–Crippen MR) is 106 cm³/mol. The summed E-state index contributed by atoms with van der Waals surface area (Å²) in [6.45, 7) is -2.81. The molecule has 1 aliphatic rings. The van der Waals surface area contributed by atoms with Crippen molar-refractivity contribution in [1.29, 1.82) is 0 Å². The Kier molecular flexibility index (Phi) is 7.06. The van der Waals surface area contributed by atoms with Crippen LogP contribution in [-0.2, 0) is 14.8 Å². The average Bonchev–Trinajstić information content (AvgIpc) is 2.74. The van der Waals surface area contributed by atoms with E-state index in [0.29, 0.717) is 18.5 Å². The molecule has 11 heteroatoms. The molecular formula is C20H21F3N2O5S. The summed E-state index contributed by atoms with van der Waals surface area (Å²) in [4.78, 5) is 12.7. The number of anilines is 1. The standard InChI is InChI=1S/C20H21F3N2O5S/c1-29-18-11-15(6-9-17(18)30-20(22)23)24-19(26)13-3-2-10-25(12-13)31(27,28)16-7-4-14(21)5-8-16/h4-9,11,13,20H,2-3,10,12H2,1H3,(H,24,26)/t13-/m0/s1. The number of hydrogen-bond donors (Lipinski definition) is 1. The molecule has 0 aromatic heterocycles. The third kappa shape index (κ3) is 5.47. The minimum Gasteiger partial charge on any atom is -0.493 e. The Labute approximate surface area is 177 Å². The molecule has 0 radical (unpaired) electrons. The number of rotatable bonds is 7. The largest absolute Gasteiger partial charge is 0.493 e. The van der Waals surface area contributed by atoms with Gasteiger partial charge in [-0.3, -0.25) is 4.79 Å². The summed E-state index contributed by atoms with van der Waals surface area (Å²) >= 11 is 0. The highest BCUT2D eigenvalue weighted by atomic mass is 32.2. The van der Waals surface area contributed by atoms with Crippen molar-refractivity contribution in [3.05, 3.63) is 48.3 Å². The van der Waals surface area contributed by atoms with Crippen LogP contribution in [0.2, 0.25) is 0 Å². The molecule has 31 heavy (non-hydrogen) atoms. The van der Waals surface area contributed by atoms with E-state index in [9.17, 15) is 26.4 Å². The highest BCUT2D eigenvalue weighted by Crippen LogP contribution is 2.32. The van der Waals surface area contributed by atoms with E-state index in [1.54, 1.807) is 0 Å². The number of methoxy groups -OCH3 is 1. The molecular weight excluding hydrogens is 437 g/mol. The summed E-state index contributed by atoms with van der Waals surface area (Å²) in [5.74, 6) is -1.74. The van der Waals surface area contributed by atoms with Gasteiger partial charge in [0.1, 0.15) is 5.82 Å². The maximum atomic E-state index is 13.1. The Bertz CT molecular complexity index is 1030. The van der Waals surface area contributed by atoms with Crippen molar-refractivity contribution in [3.8, 4) is 11.5 Å². The van der Waals surface area contributed by atoms with E-state index >= 15 is 0 Å². The van der Waals surface area contributed by atoms with Crippen molar-refractivity contribution >= 4 is 21.6 Å². The molecule has 3 rings (SSSR count). The first-order valence-electron chi connectivity index (χ1n) is 9.40. The number of amides is 1. The van der Waals surface area contributed by atoms with Crippen molar-refractivity contribution in [2.24, 2.45) is 5.92 Å². The molecule has 1 fully saturated rings. The van der Waals surface area contributed by atoms with Crippen molar-refractivity contribution in [3.63, 3.8) is 0 Å². The molecule has 168 valence electrons. The summed E-state index contributed by atoms with van der Waals surface area (Å²) in [6, 6.07) is 8.46. The van der Waals surface area contributed by atoms with Gasteiger partial charge in [-0.2, -0.15) is 13.1 Å². The quantitative estimate of drug-likeness (QED) is 0.687. The lowest BCUT2D eigenvalue weighted by Crippen LogP contribution is -2.43. The van der Waals surface area contributed by atoms with Crippen LogP contribution < -0.4 is 14.8 Å². The number of hydrogen-bond acceptors (Lipinski definition) is 5. The van der Waals surface area contributed by atoms with E-state index in [0.717, 1.165) is 12.1 Å². The number of carbonyl (C=O) groups excluding carboxylic acids is 1. The van der Waals surface area contributed by atoms with Crippen LogP contribution in [0.4, 0.5) is 18.9 Å². The van der Waals surface area contributed by atoms with Crippen LogP contribution in [0.1, 0.15) is 12.8 Å². The van der Waals surface area contributed by atoms with Crippen LogP contribution in [-0.4, -0.2) is 45.4 Å². The van der Waals surface area contributed by atoms with E-state index in [1.165, 1.54) is 41.7 Å². The third-order valence-corrected chi connectivity index (χ3v) is 6.73. The minimum atomic E-state index is -3.87. The van der Waals surface area contributed by atoms with Gasteiger partial charge >= 0.3 is 6.61 Å². The second kappa shape index (κ2) is 9.56. The summed E-state index contributed by atoms with van der Waals surface area (Å²) in [7, 11) is -2.59. The van der Waals surface area contributed by atoms with Crippen LogP contribution in [0, 0.1) is 11.7 Å². The molecule has 1 heterocycles. The number of alkyl halides is 2. The predicted octanol–water partition coefficient (Wildman–Crippen LogP) is 3.48. The lowest BCUT2D eigenvalue weighted by Gasteiger charge is -2.31. The van der Waals surface area contributed by atoms with Gasteiger partial charge in [0.2, 0.25) is 15.9 Å². The number of halogens is 3. The second-order valence-corrected chi connectivity index (χ2v) is 8.83. The number of carbonyl (C=O) groups is 1. The Hall–Kier alpha value is -2.79. The zero-order valence-electron chi connectivity index (χ0n) is 16.6. The lowest BCUT2D eigenvalue weighted by atomic mass is 9.98. The molecule has 1 N–H and O–H groups in total.